The third-order valence-corrected chi connectivity index (χ3v) is 5.34. The molecule has 0 spiro atoms. The second-order valence-electron chi connectivity index (χ2n) is 7.30. The second-order valence-corrected chi connectivity index (χ2v) is 7.30. The highest BCUT2D eigenvalue weighted by Gasteiger charge is 2.30. The van der Waals surface area contributed by atoms with E-state index in [1.807, 2.05) is 13.0 Å². The molecule has 128 valence electrons. The zero-order valence-corrected chi connectivity index (χ0v) is 14.7. The fraction of sp³-hybridized carbons (Fsp3) is 0.500. The third kappa shape index (κ3) is 3.41. The van der Waals surface area contributed by atoms with E-state index in [2.05, 4.69) is 52.1 Å². The normalized spacial score (nSPS) is 23.3. The van der Waals surface area contributed by atoms with Crippen molar-refractivity contribution >= 4 is 0 Å². The molecule has 0 bridgehead atoms. The smallest absolute Gasteiger partial charge is 0.134 e. The van der Waals surface area contributed by atoms with Crippen LogP contribution in [0.2, 0.25) is 0 Å². The van der Waals surface area contributed by atoms with E-state index < -0.39 is 0 Å². The minimum Gasteiger partial charge on any atom is -0.461 e. The van der Waals surface area contributed by atoms with Gasteiger partial charge in [-0.25, -0.2) is 0 Å². The van der Waals surface area contributed by atoms with Gasteiger partial charge in [0.15, 0.2) is 0 Å². The first-order valence-corrected chi connectivity index (χ1v) is 8.98. The number of fused-ring (bicyclic) bond motifs is 1. The molecule has 4 heteroatoms. The molecule has 2 saturated heterocycles. The number of piperazine rings is 2. The first-order chi connectivity index (χ1) is 11.7. The molecule has 4 rings (SSSR count). The summed E-state index contributed by atoms with van der Waals surface area (Å²) in [5, 5.41) is 0. The molecule has 24 heavy (non-hydrogen) atoms. The highest BCUT2D eigenvalue weighted by Crippen LogP contribution is 2.24. The Hall–Kier alpha value is -1.62. The van der Waals surface area contributed by atoms with Crippen LogP contribution in [0.4, 0.5) is 0 Å². The Labute approximate surface area is 144 Å². The maximum absolute atomic E-state index is 5.77. The molecule has 2 aliphatic heterocycles. The highest BCUT2D eigenvalue weighted by molar-refractivity contribution is 5.58. The number of aryl methyl sites for hydroxylation is 1. The van der Waals surface area contributed by atoms with Crippen LogP contribution in [0.1, 0.15) is 11.3 Å². The summed E-state index contributed by atoms with van der Waals surface area (Å²) in [4.78, 5) is 7.73. The van der Waals surface area contributed by atoms with Gasteiger partial charge in [0.2, 0.25) is 0 Å². The molecule has 2 fully saturated rings. The molecular formula is C20H27N3O. The lowest BCUT2D eigenvalue weighted by atomic mass is 10.1. The number of nitrogens with zero attached hydrogens (tertiary/aromatic N) is 3. The fourth-order valence-corrected chi connectivity index (χ4v) is 3.99. The Morgan fingerprint density at radius 3 is 2.75 bits per heavy atom. The number of benzene rings is 1. The average Bonchev–Trinajstić information content (AvgIpc) is 3.01. The number of rotatable bonds is 3. The van der Waals surface area contributed by atoms with Crippen LogP contribution in [0, 0.1) is 6.92 Å². The van der Waals surface area contributed by atoms with Crippen LogP contribution in [0.25, 0.3) is 11.3 Å². The van der Waals surface area contributed by atoms with E-state index in [1.165, 1.54) is 50.4 Å². The summed E-state index contributed by atoms with van der Waals surface area (Å²) < 4.78 is 5.77. The highest BCUT2D eigenvalue weighted by atomic mass is 16.3. The Morgan fingerprint density at radius 2 is 1.92 bits per heavy atom. The molecule has 2 aromatic rings. The van der Waals surface area contributed by atoms with Crippen LogP contribution in [0.5, 0.6) is 0 Å². The second kappa shape index (κ2) is 6.71. The van der Waals surface area contributed by atoms with E-state index in [1.54, 1.807) is 0 Å². The average molecular weight is 325 g/mol. The number of hydrogen-bond donors (Lipinski definition) is 0. The van der Waals surface area contributed by atoms with E-state index in [4.69, 9.17) is 4.42 Å². The van der Waals surface area contributed by atoms with Crippen molar-refractivity contribution in [2.24, 2.45) is 0 Å². The van der Waals surface area contributed by atoms with Crippen molar-refractivity contribution < 1.29 is 4.42 Å². The third-order valence-electron chi connectivity index (χ3n) is 5.34. The number of hydrogen-bond acceptors (Lipinski definition) is 4. The van der Waals surface area contributed by atoms with Gasteiger partial charge < -0.3 is 9.32 Å². The summed E-state index contributed by atoms with van der Waals surface area (Å²) in [6, 6.07) is 13.6. The van der Waals surface area contributed by atoms with Crippen LogP contribution in [0.3, 0.4) is 0 Å². The summed E-state index contributed by atoms with van der Waals surface area (Å²) in [7, 11) is 2.24. The van der Waals surface area contributed by atoms with Crippen LogP contribution in [-0.4, -0.2) is 67.1 Å². The monoisotopic (exact) mass is 325 g/mol. The van der Waals surface area contributed by atoms with E-state index in [0.717, 1.165) is 18.1 Å². The molecule has 0 N–H and O–H groups in total. The van der Waals surface area contributed by atoms with Crippen molar-refractivity contribution in [2.75, 3.05) is 46.3 Å². The maximum Gasteiger partial charge on any atom is 0.134 e. The summed E-state index contributed by atoms with van der Waals surface area (Å²) in [6.45, 7) is 10.2. The van der Waals surface area contributed by atoms with E-state index >= 15 is 0 Å². The van der Waals surface area contributed by atoms with Gasteiger partial charge in [0.25, 0.3) is 0 Å². The van der Waals surface area contributed by atoms with Crippen molar-refractivity contribution in [3.63, 3.8) is 0 Å². The van der Waals surface area contributed by atoms with Gasteiger partial charge in [-0.15, -0.1) is 0 Å². The van der Waals surface area contributed by atoms with Gasteiger partial charge in [0, 0.05) is 57.4 Å². The predicted molar refractivity (Wildman–Crippen MR) is 97.0 cm³/mol. The molecule has 0 aliphatic carbocycles. The Morgan fingerprint density at radius 1 is 1.04 bits per heavy atom. The van der Waals surface area contributed by atoms with Crippen molar-refractivity contribution in [3.05, 3.63) is 47.7 Å². The Kier molecular flexibility index (Phi) is 4.44. The molecular weight excluding hydrogens is 298 g/mol. The van der Waals surface area contributed by atoms with Gasteiger partial charge in [-0.1, -0.05) is 18.2 Å². The lowest BCUT2D eigenvalue weighted by Gasteiger charge is -2.46. The van der Waals surface area contributed by atoms with Gasteiger partial charge in [0.1, 0.15) is 11.5 Å². The summed E-state index contributed by atoms with van der Waals surface area (Å²) in [5.41, 5.74) is 2.55. The van der Waals surface area contributed by atoms with Gasteiger partial charge in [-0.3, -0.25) is 9.80 Å². The fourth-order valence-electron chi connectivity index (χ4n) is 3.99. The van der Waals surface area contributed by atoms with Gasteiger partial charge in [0.05, 0.1) is 0 Å². The van der Waals surface area contributed by atoms with E-state index in [-0.39, 0.29) is 0 Å². The van der Waals surface area contributed by atoms with Crippen LogP contribution >= 0.6 is 0 Å². The van der Waals surface area contributed by atoms with E-state index in [0.29, 0.717) is 6.04 Å². The molecule has 4 nitrogen and oxygen atoms in total. The molecule has 0 amide bonds. The van der Waals surface area contributed by atoms with Crippen molar-refractivity contribution in [1.82, 2.24) is 14.7 Å². The summed E-state index contributed by atoms with van der Waals surface area (Å²) in [6.07, 6.45) is 0. The molecule has 0 radical (unpaired) electrons. The molecule has 0 saturated carbocycles. The number of furan rings is 1. The SMILES string of the molecule is Cc1ccc(-c2cccc(CN3CCN4CCN(C)CC4C3)c2)o1. The Balaban J connectivity index is 1.44. The van der Waals surface area contributed by atoms with E-state index in [9.17, 15) is 0 Å². The maximum atomic E-state index is 5.77. The van der Waals surface area contributed by atoms with Crippen LogP contribution in [-0.2, 0) is 6.54 Å². The molecule has 1 unspecified atom stereocenters. The zero-order valence-electron chi connectivity index (χ0n) is 14.7. The quantitative estimate of drug-likeness (QED) is 0.865. The minimum absolute atomic E-state index is 0.688. The van der Waals surface area contributed by atoms with Gasteiger partial charge in [-0.2, -0.15) is 0 Å². The molecule has 3 heterocycles. The topological polar surface area (TPSA) is 22.9 Å². The van der Waals surface area contributed by atoms with Crippen molar-refractivity contribution in [3.8, 4) is 11.3 Å². The number of likely N-dealkylation sites (N-methyl/N-ethyl adjacent to an activating group) is 1. The van der Waals surface area contributed by atoms with Crippen LogP contribution in [0.15, 0.2) is 40.8 Å². The van der Waals surface area contributed by atoms with Gasteiger partial charge >= 0.3 is 0 Å². The lowest BCUT2D eigenvalue weighted by Crippen LogP contribution is -2.61. The summed E-state index contributed by atoms with van der Waals surface area (Å²) in [5.74, 6) is 1.93. The Bertz CT molecular complexity index is 696. The molecule has 2 aliphatic rings. The van der Waals surface area contributed by atoms with Crippen LogP contribution < -0.4 is 0 Å². The standard InChI is InChI=1S/C20H27N3O/c1-16-6-7-20(24-16)18-5-3-4-17(12-18)13-22-9-11-23-10-8-21(2)14-19(23)15-22/h3-7,12,19H,8-11,13-15H2,1-2H3. The molecule has 1 aromatic carbocycles. The van der Waals surface area contributed by atoms with Crippen molar-refractivity contribution in [2.45, 2.75) is 19.5 Å². The first-order valence-electron chi connectivity index (χ1n) is 8.98. The van der Waals surface area contributed by atoms with Gasteiger partial charge in [-0.05, 0) is 37.7 Å². The zero-order chi connectivity index (χ0) is 16.5. The van der Waals surface area contributed by atoms with Crippen molar-refractivity contribution in [1.29, 1.82) is 0 Å². The summed E-state index contributed by atoms with van der Waals surface area (Å²) >= 11 is 0. The lowest BCUT2D eigenvalue weighted by molar-refractivity contribution is 0.0175. The molecule has 1 atom stereocenters. The minimum atomic E-state index is 0.688. The molecule has 1 aromatic heterocycles. The largest absolute Gasteiger partial charge is 0.461 e. The first kappa shape index (κ1) is 15.9. The predicted octanol–water partition coefficient (Wildman–Crippen LogP) is 2.69.